The molecule has 0 aliphatic rings. The summed E-state index contributed by atoms with van der Waals surface area (Å²) in [6.07, 6.45) is -3.02. The lowest BCUT2D eigenvalue weighted by molar-refractivity contribution is -0.138. The van der Waals surface area contributed by atoms with Gasteiger partial charge >= 0.3 is 6.18 Å². The number of halogens is 4. The summed E-state index contributed by atoms with van der Waals surface area (Å²) in [6.45, 7) is 1.56. The fourth-order valence-corrected chi connectivity index (χ4v) is 1.89. The van der Waals surface area contributed by atoms with Crippen molar-refractivity contribution in [2.24, 2.45) is 0 Å². The Balaban J connectivity index is 2.48. The molecule has 19 heavy (non-hydrogen) atoms. The van der Waals surface area contributed by atoms with Gasteiger partial charge in [-0.2, -0.15) is 13.2 Å². The number of aromatic nitrogens is 1. The molecule has 0 amide bonds. The fourth-order valence-electron chi connectivity index (χ4n) is 1.55. The lowest BCUT2D eigenvalue weighted by atomic mass is 10.1. The van der Waals surface area contributed by atoms with Crippen molar-refractivity contribution in [3.05, 3.63) is 52.1 Å². The first-order valence-corrected chi connectivity index (χ1v) is 6.14. The number of benzene rings is 1. The van der Waals surface area contributed by atoms with Crippen LogP contribution in [0, 0.1) is 6.92 Å². The van der Waals surface area contributed by atoms with Crippen molar-refractivity contribution in [3.63, 3.8) is 0 Å². The first-order chi connectivity index (χ1) is 8.89. The number of pyridine rings is 1. The third-order valence-corrected chi connectivity index (χ3v) is 3.04. The number of rotatable bonds is 2. The third kappa shape index (κ3) is 3.07. The van der Waals surface area contributed by atoms with Crippen LogP contribution >= 0.6 is 15.9 Å². The van der Waals surface area contributed by atoms with E-state index in [-0.39, 0.29) is 11.6 Å². The van der Waals surface area contributed by atoms with Crippen molar-refractivity contribution in [1.82, 2.24) is 4.98 Å². The highest BCUT2D eigenvalue weighted by Crippen LogP contribution is 2.40. The fraction of sp³-hybridized carbons (Fsp3) is 0.154. The summed E-state index contributed by atoms with van der Waals surface area (Å²) in [4.78, 5) is 3.90. The van der Waals surface area contributed by atoms with Gasteiger partial charge in [0.15, 0.2) is 0 Å². The van der Waals surface area contributed by atoms with Gasteiger partial charge in [-0.3, -0.25) is 0 Å². The Hall–Kier alpha value is -1.56. The second-order valence-corrected chi connectivity index (χ2v) is 4.70. The van der Waals surface area contributed by atoms with E-state index in [1.54, 1.807) is 25.1 Å². The molecule has 0 fully saturated rings. The minimum absolute atomic E-state index is 0.0994. The van der Waals surface area contributed by atoms with Crippen LogP contribution in [0.3, 0.4) is 0 Å². The minimum Gasteiger partial charge on any atom is -0.437 e. The monoisotopic (exact) mass is 331 g/mol. The Bertz CT molecular complexity index is 599. The van der Waals surface area contributed by atoms with E-state index in [1.165, 1.54) is 12.3 Å². The van der Waals surface area contributed by atoms with Crippen LogP contribution in [0.4, 0.5) is 13.2 Å². The molecular weight excluding hydrogens is 323 g/mol. The van der Waals surface area contributed by atoms with Crippen molar-refractivity contribution in [2.75, 3.05) is 0 Å². The van der Waals surface area contributed by atoms with Crippen LogP contribution in [-0.4, -0.2) is 4.98 Å². The predicted molar refractivity (Wildman–Crippen MR) is 68.2 cm³/mol. The molecule has 0 spiro atoms. The quantitative estimate of drug-likeness (QED) is 0.775. The summed E-state index contributed by atoms with van der Waals surface area (Å²) < 4.78 is 44.6. The van der Waals surface area contributed by atoms with Crippen molar-refractivity contribution in [3.8, 4) is 11.6 Å². The molecule has 1 aromatic carbocycles. The van der Waals surface area contributed by atoms with E-state index in [4.69, 9.17) is 4.74 Å². The summed E-state index contributed by atoms with van der Waals surface area (Å²) in [5, 5.41) is 0. The van der Waals surface area contributed by atoms with Gasteiger partial charge in [0, 0.05) is 6.20 Å². The van der Waals surface area contributed by atoms with Crippen LogP contribution in [0.1, 0.15) is 11.1 Å². The van der Waals surface area contributed by atoms with Gasteiger partial charge in [-0.25, -0.2) is 4.98 Å². The maximum atomic E-state index is 12.9. The zero-order chi connectivity index (χ0) is 14.0. The zero-order valence-electron chi connectivity index (χ0n) is 9.83. The molecule has 6 heteroatoms. The Morgan fingerprint density at radius 2 is 1.89 bits per heavy atom. The van der Waals surface area contributed by atoms with Gasteiger partial charge in [-0.1, -0.05) is 12.1 Å². The Morgan fingerprint density at radius 3 is 2.53 bits per heavy atom. The average molecular weight is 332 g/mol. The SMILES string of the molecule is Cc1cccc(C(F)(F)F)c1Oc1ncccc1Br. The molecule has 1 heterocycles. The average Bonchev–Trinajstić information content (AvgIpc) is 2.33. The number of ether oxygens (including phenoxy) is 1. The molecule has 100 valence electrons. The van der Waals surface area contributed by atoms with E-state index in [0.717, 1.165) is 6.07 Å². The van der Waals surface area contributed by atoms with Crippen LogP contribution in [-0.2, 0) is 6.18 Å². The zero-order valence-corrected chi connectivity index (χ0v) is 11.4. The number of hydrogen-bond donors (Lipinski definition) is 0. The number of alkyl halides is 3. The smallest absolute Gasteiger partial charge is 0.419 e. The van der Waals surface area contributed by atoms with Crippen molar-refractivity contribution < 1.29 is 17.9 Å². The molecular formula is C13H9BrF3NO. The summed E-state index contributed by atoms with van der Waals surface area (Å²) in [6, 6.07) is 7.19. The molecule has 0 saturated heterocycles. The van der Waals surface area contributed by atoms with Gasteiger partial charge in [0.2, 0.25) is 5.88 Å². The molecule has 0 aliphatic heterocycles. The maximum absolute atomic E-state index is 12.9. The molecule has 0 aliphatic carbocycles. The maximum Gasteiger partial charge on any atom is 0.419 e. The molecule has 1 aromatic heterocycles. The van der Waals surface area contributed by atoms with Gasteiger partial charge in [0.05, 0.1) is 10.0 Å². The lowest BCUT2D eigenvalue weighted by Gasteiger charge is -2.15. The van der Waals surface area contributed by atoms with Crippen LogP contribution in [0.2, 0.25) is 0 Å². The molecule has 0 bridgehead atoms. The Labute approximate surface area is 116 Å². The highest BCUT2D eigenvalue weighted by molar-refractivity contribution is 9.10. The largest absolute Gasteiger partial charge is 0.437 e. The highest BCUT2D eigenvalue weighted by Gasteiger charge is 2.35. The van der Waals surface area contributed by atoms with Crippen LogP contribution in [0.25, 0.3) is 0 Å². The van der Waals surface area contributed by atoms with Crippen molar-refractivity contribution >= 4 is 15.9 Å². The highest BCUT2D eigenvalue weighted by atomic mass is 79.9. The van der Waals surface area contributed by atoms with Gasteiger partial charge in [0.1, 0.15) is 5.75 Å². The van der Waals surface area contributed by atoms with E-state index in [2.05, 4.69) is 20.9 Å². The number of nitrogens with zero attached hydrogens (tertiary/aromatic N) is 1. The van der Waals surface area contributed by atoms with Gasteiger partial charge < -0.3 is 4.74 Å². The summed E-state index contributed by atoms with van der Waals surface area (Å²) >= 11 is 3.18. The normalized spacial score (nSPS) is 11.4. The van der Waals surface area contributed by atoms with E-state index < -0.39 is 11.7 Å². The topological polar surface area (TPSA) is 22.1 Å². The Morgan fingerprint density at radius 1 is 1.16 bits per heavy atom. The second kappa shape index (κ2) is 5.21. The standard InChI is InChI=1S/C13H9BrF3NO/c1-8-4-2-5-9(13(15,16)17)11(8)19-12-10(14)6-3-7-18-12/h2-7H,1H3. The van der Waals surface area contributed by atoms with Crippen LogP contribution in [0.5, 0.6) is 11.6 Å². The molecule has 0 N–H and O–H groups in total. The lowest BCUT2D eigenvalue weighted by Crippen LogP contribution is -2.08. The number of aryl methyl sites for hydroxylation is 1. The molecule has 0 radical (unpaired) electrons. The molecule has 2 rings (SSSR count). The van der Waals surface area contributed by atoms with E-state index in [9.17, 15) is 13.2 Å². The van der Waals surface area contributed by atoms with Crippen LogP contribution < -0.4 is 4.74 Å². The molecule has 0 saturated carbocycles. The minimum atomic E-state index is -4.47. The summed E-state index contributed by atoms with van der Waals surface area (Å²) in [5.74, 6) is -0.128. The third-order valence-electron chi connectivity index (χ3n) is 2.44. The number of hydrogen-bond acceptors (Lipinski definition) is 2. The first-order valence-electron chi connectivity index (χ1n) is 5.35. The van der Waals surface area contributed by atoms with E-state index in [1.807, 2.05) is 0 Å². The molecule has 0 atom stereocenters. The summed E-state index contributed by atoms with van der Waals surface area (Å²) in [5.41, 5.74) is -0.419. The molecule has 0 unspecified atom stereocenters. The van der Waals surface area contributed by atoms with Crippen LogP contribution in [0.15, 0.2) is 41.0 Å². The number of para-hydroxylation sites is 1. The second-order valence-electron chi connectivity index (χ2n) is 3.84. The first kappa shape index (κ1) is 13.9. The van der Waals surface area contributed by atoms with E-state index >= 15 is 0 Å². The van der Waals surface area contributed by atoms with Gasteiger partial charge in [-0.05, 0) is 46.6 Å². The molecule has 2 nitrogen and oxygen atoms in total. The van der Waals surface area contributed by atoms with Crippen molar-refractivity contribution in [2.45, 2.75) is 13.1 Å². The van der Waals surface area contributed by atoms with E-state index in [0.29, 0.717) is 10.0 Å². The van der Waals surface area contributed by atoms with Gasteiger partial charge in [-0.15, -0.1) is 0 Å². The molecule has 2 aromatic rings. The predicted octanol–water partition coefficient (Wildman–Crippen LogP) is 4.96. The van der Waals surface area contributed by atoms with Crippen molar-refractivity contribution in [1.29, 1.82) is 0 Å². The summed E-state index contributed by atoms with van der Waals surface area (Å²) in [7, 11) is 0. The van der Waals surface area contributed by atoms with Gasteiger partial charge in [0.25, 0.3) is 0 Å². The Kier molecular flexibility index (Phi) is 3.80.